The Labute approximate surface area is 218 Å². The van der Waals surface area contributed by atoms with Gasteiger partial charge in [-0.1, -0.05) is 18.2 Å². The van der Waals surface area contributed by atoms with Gasteiger partial charge in [0.2, 0.25) is 18.6 Å². The number of hydrazine groups is 1. The molecule has 2 saturated heterocycles. The highest BCUT2D eigenvalue weighted by Gasteiger charge is 2.50. The minimum absolute atomic E-state index is 0.0608. The van der Waals surface area contributed by atoms with E-state index in [-0.39, 0.29) is 62.9 Å². The van der Waals surface area contributed by atoms with Gasteiger partial charge in [0.1, 0.15) is 18.0 Å². The van der Waals surface area contributed by atoms with Gasteiger partial charge in [-0.05, 0) is 41.8 Å². The fourth-order valence-corrected chi connectivity index (χ4v) is 5.15. The number of urea groups is 1. The molecule has 10 nitrogen and oxygen atoms in total. The second-order valence-electron chi connectivity index (χ2n) is 9.13. The number of amides is 4. The van der Waals surface area contributed by atoms with Crippen LogP contribution in [0.4, 0.5) is 9.18 Å². The normalized spacial score (nSPS) is 21.3. The molecule has 0 aliphatic carbocycles. The number of hydrogen-bond acceptors (Lipinski definition) is 6. The topological polar surface area (TPSA) is 94.7 Å². The van der Waals surface area contributed by atoms with Gasteiger partial charge in [0, 0.05) is 26.0 Å². The molecule has 196 valence electrons. The number of carbonyl (C=O) groups excluding carboxylic acids is 3. The van der Waals surface area contributed by atoms with Gasteiger partial charge in [0.05, 0.1) is 13.1 Å². The number of piperazine rings is 1. The van der Waals surface area contributed by atoms with Crippen LogP contribution in [0.15, 0.2) is 42.5 Å². The first-order valence-electron chi connectivity index (χ1n) is 11.9. The molecule has 37 heavy (non-hydrogen) atoms. The molecule has 0 saturated carbocycles. The van der Waals surface area contributed by atoms with Gasteiger partial charge in [0.25, 0.3) is 0 Å². The minimum atomic E-state index is -0.793. The number of benzene rings is 2. The van der Waals surface area contributed by atoms with Crippen LogP contribution in [0, 0.1) is 5.82 Å². The van der Waals surface area contributed by atoms with E-state index in [2.05, 4.69) is 5.32 Å². The molecule has 2 aromatic carbocycles. The smallest absolute Gasteiger partial charge is 0.334 e. The number of rotatable bonds is 6. The Kier molecular flexibility index (Phi) is 7.07. The second-order valence-corrected chi connectivity index (χ2v) is 9.50. The number of carbonyl (C=O) groups is 3. The van der Waals surface area contributed by atoms with Crippen LogP contribution in [0.25, 0.3) is 0 Å². The Bertz CT molecular complexity index is 1200. The lowest BCUT2D eigenvalue weighted by Crippen LogP contribution is -2.75. The molecule has 0 radical (unpaired) electrons. The summed E-state index contributed by atoms with van der Waals surface area (Å²) in [4.78, 5) is 43.1. The molecule has 1 N–H and O–H groups in total. The SMILES string of the molecule is CN1CC(=O)N2[C@@H](CCCl)C(=O)N(Cc3ccc4c(c3)OCO4)C[C@@H]2N1C(=O)NCc1ccc(F)cc1. The van der Waals surface area contributed by atoms with Crippen molar-refractivity contribution in [2.24, 2.45) is 0 Å². The lowest BCUT2D eigenvalue weighted by molar-refractivity contribution is -0.187. The van der Waals surface area contributed by atoms with Gasteiger partial charge in [-0.15, -0.1) is 11.6 Å². The maximum absolute atomic E-state index is 13.5. The van der Waals surface area contributed by atoms with Crippen molar-refractivity contribution in [2.75, 3.05) is 32.8 Å². The van der Waals surface area contributed by atoms with Crippen LogP contribution in [0.1, 0.15) is 17.5 Å². The monoisotopic (exact) mass is 531 g/mol. The molecule has 4 amide bonds. The quantitative estimate of drug-likeness (QED) is 0.574. The van der Waals surface area contributed by atoms with Crippen LogP contribution in [-0.2, 0) is 22.7 Å². The zero-order valence-corrected chi connectivity index (χ0v) is 21.0. The lowest BCUT2D eigenvalue weighted by Gasteiger charge is -2.54. The molecule has 0 aromatic heterocycles. The number of nitrogens with one attached hydrogen (secondary N) is 1. The van der Waals surface area contributed by atoms with Crippen molar-refractivity contribution < 1.29 is 28.2 Å². The predicted molar refractivity (Wildman–Crippen MR) is 131 cm³/mol. The van der Waals surface area contributed by atoms with Crippen molar-refractivity contribution in [1.29, 1.82) is 0 Å². The van der Waals surface area contributed by atoms with Gasteiger partial charge in [-0.25, -0.2) is 19.2 Å². The standard InChI is InChI=1S/C25H27ClFN5O5/c1-29-14-23(33)31-19(8-9-26)24(34)30(12-17-4-7-20-21(10-17)37-15-36-20)13-22(31)32(29)25(35)28-11-16-2-5-18(27)6-3-16/h2-7,10,19,22H,8-9,11-15H2,1H3,(H,28,35)/t19-,22-/m0/s1. The summed E-state index contributed by atoms with van der Waals surface area (Å²) in [6.45, 7) is 0.643. The first-order valence-corrected chi connectivity index (χ1v) is 12.5. The van der Waals surface area contributed by atoms with E-state index in [9.17, 15) is 18.8 Å². The molecule has 3 heterocycles. The van der Waals surface area contributed by atoms with Gasteiger partial charge >= 0.3 is 6.03 Å². The largest absolute Gasteiger partial charge is 0.454 e. The number of ether oxygens (including phenoxy) is 2. The molecule has 2 fully saturated rings. The third kappa shape index (κ3) is 5.01. The summed E-state index contributed by atoms with van der Waals surface area (Å²) in [5.74, 6) is 0.594. The van der Waals surface area contributed by atoms with Crippen molar-refractivity contribution in [3.63, 3.8) is 0 Å². The van der Waals surface area contributed by atoms with E-state index in [1.807, 2.05) is 12.1 Å². The highest BCUT2D eigenvalue weighted by atomic mass is 35.5. The molecule has 2 atom stereocenters. The van der Waals surface area contributed by atoms with Crippen LogP contribution in [0.5, 0.6) is 11.5 Å². The van der Waals surface area contributed by atoms with E-state index >= 15 is 0 Å². The molecular formula is C25H27ClFN5O5. The van der Waals surface area contributed by atoms with Crippen molar-refractivity contribution in [2.45, 2.75) is 31.7 Å². The highest BCUT2D eigenvalue weighted by Crippen LogP contribution is 2.34. The maximum Gasteiger partial charge on any atom is 0.334 e. The average Bonchev–Trinajstić information content (AvgIpc) is 3.34. The summed E-state index contributed by atoms with van der Waals surface area (Å²) in [5, 5.41) is 5.86. The molecule has 12 heteroatoms. The summed E-state index contributed by atoms with van der Waals surface area (Å²) in [7, 11) is 1.65. The molecule has 5 rings (SSSR count). The van der Waals surface area contributed by atoms with Crippen LogP contribution in [-0.4, -0.2) is 82.7 Å². The van der Waals surface area contributed by atoms with E-state index in [1.54, 1.807) is 35.2 Å². The second kappa shape index (κ2) is 10.4. The van der Waals surface area contributed by atoms with E-state index in [1.165, 1.54) is 22.0 Å². The van der Waals surface area contributed by atoms with Crippen LogP contribution >= 0.6 is 11.6 Å². The molecule has 0 spiro atoms. The molecule has 3 aliphatic heterocycles. The van der Waals surface area contributed by atoms with Gasteiger partial charge in [-0.3, -0.25) is 9.59 Å². The van der Waals surface area contributed by atoms with Crippen LogP contribution < -0.4 is 14.8 Å². The van der Waals surface area contributed by atoms with Gasteiger partial charge in [0.15, 0.2) is 11.5 Å². The van der Waals surface area contributed by atoms with E-state index in [4.69, 9.17) is 21.1 Å². The zero-order valence-electron chi connectivity index (χ0n) is 20.2. The number of hydrogen-bond donors (Lipinski definition) is 1. The van der Waals surface area contributed by atoms with Crippen molar-refractivity contribution in [3.8, 4) is 11.5 Å². The van der Waals surface area contributed by atoms with Crippen molar-refractivity contribution >= 4 is 29.4 Å². The van der Waals surface area contributed by atoms with E-state index < -0.39 is 18.2 Å². The van der Waals surface area contributed by atoms with Crippen molar-refractivity contribution in [3.05, 3.63) is 59.4 Å². The number of alkyl halides is 1. The number of likely N-dealkylation sites (N-methyl/N-ethyl adjacent to an activating group) is 1. The Hall–Kier alpha value is -3.57. The Morgan fingerprint density at radius 3 is 2.59 bits per heavy atom. The zero-order chi connectivity index (χ0) is 26.1. The molecular weight excluding hydrogens is 505 g/mol. The summed E-state index contributed by atoms with van der Waals surface area (Å²) >= 11 is 6.04. The van der Waals surface area contributed by atoms with Gasteiger partial charge < -0.3 is 24.6 Å². The molecule has 2 aromatic rings. The number of fused-ring (bicyclic) bond motifs is 2. The van der Waals surface area contributed by atoms with Gasteiger partial charge in [-0.2, -0.15) is 0 Å². The summed E-state index contributed by atoms with van der Waals surface area (Å²) < 4.78 is 24.1. The third-order valence-electron chi connectivity index (χ3n) is 6.70. The average molecular weight is 532 g/mol. The van der Waals surface area contributed by atoms with Crippen LogP contribution in [0.3, 0.4) is 0 Å². The Morgan fingerprint density at radius 2 is 1.84 bits per heavy atom. The lowest BCUT2D eigenvalue weighted by atomic mass is 10.0. The number of halogens is 2. The maximum atomic E-state index is 13.5. The third-order valence-corrected chi connectivity index (χ3v) is 6.92. The predicted octanol–water partition coefficient (Wildman–Crippen LogP) is 2.12. The Balaban J connectivity index is 1.38. The summed E-state index contributed by atoms with van der Waals surface area (Å²) in [5.41, 5.74) is 1.56. The molecule has 0 bridgehead atoms. The first kappa shape index (κ1) is 25.1. The summed E-state index contributed by atoms with van der Waals surface area (Å²) in [6.07, 6.45) is -0.464. The number of nitrogens with zero attached hydrogens (tertiary/aromatic N) is 4. The molecule has 0 unspecified atom stereocenters. The summed E-state index contributed by atoms with van der Waals surface area (Å²) in [6, 6.07) is 10.1. The van der Waals surface area contributed by atoms with Crippen molar-refractivity contribution in [1.82, 2.24) is 25.1 Å². The molecule has 3 aliphatic rings. The first-order chi connectivity index (χ1) is 17.9. The van der Waals surface area contributed by atoms with E-state index in [0.717, 1.165) is 11.1 Å². The van der Waals surface area contributed by atoms with Crippen LogP contribution in [0.2, 0.25) is 0 Å². The highest BCUT2D eigenvalue weighted by molar-refractivity contribution is 6.18. The fourth-order valence-electron chi connectivity index (χ4n) is 4.95. The Morgan fingerprint density at radius 1 is 1.11 bits per heavy atom. The van der Waals surface area contributed by atoms with E-state index in [0.29, 0.717) is 11.5 Å². The minimum Gasteiger partial charge on any atom is -0.454 e. The fraction of sp³-hybridized carbons (Fsp3) is 0.400.